The number of nitrogens with two attached hydrogens (primary N) is 1. The summed E-state index contributed by atoms with van der Waals surface area (Å²) >= 11 is 1.03. The van der Waals surface area contributed by atoms with Crippen molar-refractivity contribution >= 4 is 23.4 Å². The number of aromatic nitrogens is 5. The summed E-state index contributed by atoms with van der Waals surface area (Å²) in [5.74, 6) is 5.87. The van der Waals surface area contributed by atoms with Gasteiger partial charge in [-0.3, -0.25) is 9.89 Å². The van der Waals surface area contributed by atoms with Gasteiger partial charge >= 0.3 is 6.18 Å². The smallest absolute Gasteiger partial charge is 0.335 e. The normalized spacial score (nSPS) is 13.5. The molecule has 152 valence electrons. The Hall–Kier alpha value is -3.02. The second-order valence-corrected chi connectivity index (χ2v) is 7.42. The summed E-state index contributed by atoms with van der Waals surface area (Å²) in [5, 5.41) is 18.0. The van der Waals surface area contributed by atoms with Gasteiger partial charge in [0.2, 0.25) is 16.9 Å². The molecule has 1 amide bonds. The van der Waals surface area contributed by atoms with Crippen LogP contribution in [0.1, 0.15) is 23.2 Å². The molecular formula is C17H16F3N7OS. The molecule has 1 aromatic carbocycles. The van der Waals surface area contributed by atoms with Crippen molar-refractivity contribution in [1.29, 1.82) is 0 Å². The molecule has 0 saturated heterocycles. The molecule has 12 heteroatoms. The molecule has 0 radical (unpaired) electrons. The number of amides is 1. The maximum atomic E-state index is 12.8. The number of hydrogen-bond acceptors (Lipinski definition) is 6. The van der Waals surface area contributed by atoms with Crippen LogP contribution in [0, 0.1) is 0 Å². The lowest BCUT2D eigenvalue weighted by Gasteiger charge is -2.09. The maximum Gasteiger partial charge on any atom is 0.416 e. The molecule has 2 aromatic heterocycles. The zero-order valence-corrected chi connectivity index (χ0v) is 15.8. The van der Waals surface area contributed by atoms with Crippen LogP contribution in [0.5, 0.6) is 0 Å². The highest BCUT2D eigenvalue weighted by Crippen LogP contribution is 2.31. The number of nitrogens with one attached hydrogen (secondary N) is 2. The van der Waals surface area contributed by atoms with Crippen molar-refractivity contribution in [3.05, 3.63) is 41.1 Å². The number of anilines is 1. The number of fused-ring (bicyclic) bond motifs is 1. The molecule has 0 unspecified atom stereocenters. The van der Waals surface area contributed by atoms with E-state index in [1.165, 1.54) is 16.8 Å². The Kier molecular flexibility index (Phi) is 4.94. The Morgan fingerprint density at radius 2 is 2.14 bits per heavy atom. The van der Waals surface area contributed by atoms with Gasteiger partial charge < -0.3 is 11.2 Å². The van der Waals surface area contributed by atoms with Crippen molar-refractivity contribution in [3.63, 3.8) is 0 Å². The molecule has 3 aromatic rings. The second kappa shape index (κ2) is 7.43. The molecule has 1 aliphatic carbocycles. The predicted octanol–water partition coefficient (Wildman–Crippen LogP) is 2.62. The molecule has 29 heavy (non-hydrogen) atoms. The highest BCUT2D eigenvalue weighted by molar-refractivity contribution is 7.99. The number of aromatic amines is 1. The Morgan fingerprint density at radius 3 is 2.93 bits per heavy atom. The van der Waals surface area contributed by atoms with Crippen molar-refractivity contribution in [1.82, 2.24) is 25.1 Å². The number of nitrogens with zero attached hydrogens (tertiary/aromatic N) is 4. The minimum atomic E-state index is -4.48. The third-order valence-corrected chi connectivity index (χ3v) is 5.43. The van der Waals surface area contributed by atoms with Crippen LogP contribution in [0.4, 0.5) is 18.9 Å². The number of H-pyrrole nitrogens is 1. The van der Waals surface area contributed by atoms with E-state index in [1.807, 2.05) is 0 Å². The summed E-state index contributed by atoms with van der Waals surface area (Å²) < 4.78 is 39.6. The molecule has 1 aliphatic rings. The molecule has 0 spiro atoms. The van der Waals surface area contributed by atoms with Crippen molar-refractivity contribution < 1.29 is 18.0 Å². The van der Waals surface area contributed by atoms with E-state index < -0.39 is 17.6 Å². The fraction of sp³-hybridized carbons (Fsp3) is 0.294. The van der Waals surface area contributed by atoms with Gasteiger partial charge in [0.15, 0.2) is 0 Å². The van der Waals surface area contributed by atoms with Gasteiger partial charge in [-0.1, -0.05) is 17.8 Å². The average Bonchev–Trinajstić information content (AvgIpc) is 3.36. The van der Waals surface area contributed by atoms with Crippen molar-refractivity contribution in [2.24, 2.45) is 0 Å². The fourth-order valence-electron chi connectivity index (χ4n) is 3.14. The van der Waals surface area contributed by atoms with Gasteiger partial charge in [-0.15, -0.1) is 10.2 Å². The van der Waals surface area contributed by atoms with E-state index in [1.54, 1.807) is 0 Å². The molecule has 0 atom stereocenters. The van der Waals surface area contributed by atoms with E-state index in [0.717, 1.165) is 54.4 Å². The quantitative estimate of drug-likeness (QED) is 0.429. The van der Waals surface area contributed by atoms with Crippen molar-refractivity contribution in [2.45, 2.75) is 30.6 Å². The number of thioether (sulfide) groups is 1. The topological polar surface area (TPSA) is 115 Å². The van der Waals surface area contributed by atoms with Gasteiger partial charge in [0.25, 0.3) is 0 Å². The lowest BCUT2D eigenvalue weighted by Crippen LogP contribution is -2.17. The summed E-state index contributed by atoms with van der Waals surface area (Å²) in [5.41, 5.74) is 2.02. The number of nitrogen functional groups attached to an aromatic ring is 1. The van der Waals surface area contributed by atoms with E-state index in [-0.39, 0.29) is 11.4 Å². The maximum absolute atomic E-state index is 12.8. The van der Waals surface area contributed by atoms with E-state index in [9.17, 15) is 18.0 Å². The number of hydrogen-bond donors (Lipinski definition) is 3. The molecule has 4 rings (SSSR count). The van der Waals surface area contributed by atoms with Crippen LogP contribution in [0.25, 0.3) is 11.5 Å². The molecule has 2 heterocycles. The molecule has 4 N–H and O–H groups in total. The monoisotopic (exact) mass is 423 g/mol. The van der Waals surface area contributed by atoms with Crippen molar-refractivity contribution in [2.75, 3.05) is 16.9 Å². The van der Waals surface area contributed by atoms with Crippen LogP contribution in [-0.2, 0) is 23.8 Å². The molecule has 8 nitrogen and oxygen atoms in total. The summed E-state index contributed by atoms with van der Waals surface area (Å²) in [7, 11) is 0. The van der Waals surface area contributed by atoms with Gasteiger partial charge in [0, 0.05) is 16.9 Å². The van der Waals surface area contributed by atoms with Gasteiger partial charge in [0.05, 0.1) is 11.3 Å². The zero-order chi connectivity index (χ0) is 20.6. The third-order valence-electron chi connectivity index (χ3n) is 4.49. The average molecular weight is 423 g/mol. The van der Waals surface area contributed by atoms with Gasteiger partial charge in [-0.05, 0) is 37.5 Å². The third kappa shape index (κ3) is 3.92. The minimum absolute atomic E-state index is 0.0624. The number of benzene rings is 1. The number of carbonyl (C=O) groups is 1. The van der Waals surface area contributed by atoms with Gasteiger partial charge in [0.1, 0.15) is 5.69 Å². The van der Waals surface area contributed by atoms with E-state index in [0.29, 0.717) is 16.7 Å². The SMILES string of the molecule is Nn1c(SCC(=O)Nc2cccc(C(F)(F)F)c2)nnc1-c1n[nH]c2c1CCC2. The van der Waals surface area contributed by atoms with Crippen LogP contribution in [-0.4, -0.2) is 36.7 Å². The molecule has 0 bridgehead atoms. The summed E-state index contributed by atoms with van der Waals surface area (Å²) in [4.78, 5) is 12.1. The summed E-state index contributed by atoms with van der Waals surface area (Å²) in [6.07, 6.45) is -1.63. The highest BCUT2D eigenvalue weighted by atomic mass is 32.2. The van der Waals surface area contributed by atoms with E-state index in [2.05, 4.69) is 25.7 Å². The molecule has 0 fully saturated rings. The first-order chi connectivity index (χ1) is 13.8. The Morgan fingerprint density at radius 1 is 1.31 bits per heavy atom. The van der Waals surface area contributed by atoms with Crippen molar-refractivity contribution in [3.8, 4) is 11.5 Å². The Balaban J connectivity index is 1.41. The molecule has 0 aliphatic heterocycles. The second-order valence-electron chi connectivity index (χ2n) is 6.47. The van der Waals surface area contributed by atoms with Crippen LogP contribution in [0.3, 0.4) is 0 Å². The van der Waals surface area contributed by atoms with Gasteiger partial charge in [-0.2, -0.15) is 18.3 Å². The number of halogens is 3. The number of alkyl halides is 3. The van der Waals surface area contributed by atoms with E-state index >= 15 is 0 Å². The molecule has 0 saturated carbocycles. The summed E-state index contributed by atoms with van der Waals surface area (Å²) in [6.45, 7) is 0. The lowest BCUT2D eigenvalue weighted by atomic mass is 10.2. The number of aryl methyl sites for hydroxylation is 1. The Labute approximate surface area is 167 Å². The van der Waals surface area contributed by atoms with Crippen LogP contribution < -0.4 is 11.2 Å². The minimum Gasteiger partial charge on any atom is -0.335 e. The van der Waals surface area contributed by atoms with Gasteiger partial charge in [-0.25, -0.2) is 4.68 Å². The predicted molar refractivity (Wildman–Crippen MR) is 101 cm³/mol. The first-order valence-corrected chi connectivity index (χ1v) is 9.68. The first kappa shape index (κ1) is 19.3. The zero-order valence-electron chi connectivity index (χ0n) is 15.0. The van der Waals surface area contributed by atoms with E-state index in [4.69, 9.17) is 5.84 Å². The lowest BCUT2D eigenvalue weighted by molar-refractivity contribution is -0.137. The standard InChI is InChI=1S/C17H16F3N7OS/c18-17(19,20)9-3-1-4-10(7-9)22-13(28)8-29-16-26-25-15(27(16)21)14-11-5-2-6-12(11)23-24-14/h1,3-4,7H,2,5-6,8,21H2,(H,22,28)(H,23,24). The first-order valence-electron chi connectivity index (χ1n) is 8.70. The number of carbonyl (C=O) groups excluding carboxylic acids is 1. The van der Waals surface area contributed by atoms with Crippen LogP contribution in [0.15, 0.2) is 29.4 Å². The fourth-order valence-corrected chi connectivity index (χ4v) is 3.80. The Bertz CT molecular complexity index is 1060. The molecular weight excluding hydrogens is 407 g/mol. The van der Waals surface area contributed by atoms with Crippen LogP contribution >= 0.6 is 11.8 Å². The summed E-state index contributed by atoms with van der Waals surface area (Å²) in [6, 6.07) is 4.44. The number of rotatable bonds is 5. The van der Waals surface area contributed by atoms with Crippen LogP contribution in [0.2, 0.25) is 0 Å². The largest absolute Gasteiger partial charge is 0.416 e. The highest BCUT2D eigenvalue weighted by Gasteiger charge is 2.30.